The van der Waals surface area contributed by atoms with Gasteiger partial charge in [0.05, 0.1) is 0 Å². The van der Waals surface area contributed by atoms with Crippen LogP contribution in [0.2, 0.25) is 0 Å². The first-order valence-corrected chi connectivity index (χ1v) is 9.98. The summed E-state index contributed by atoms with van der Waals surface area (Å²) in [6.07, 6.45) is 0.738. The number of halogens is 1. The highest BCUT2D eigenvalue weighted by Crippen LogP contribution is 2.55. The standard InChI is InChI=1S/C21H22OP.BrH/c1-2-22-18-23(19-12-6-3-7-13-19,20-14-8-4-9-15-20)21-16-10-5-11-17-21;/h3-17H,2,18H2,1H3;1H/q+1;/p-1. The molecule has 0 aliphatic carbocycles. The van der Waals surface area contributed by atoms with E-state index in [2.05, 4.69) is 97.9 Å². The van der Waals surface area contributed by atoms with Crippen LogP contribution in [-0.4, -0.2) is 13.0 Å². The lowest BCUT2D eigenvalue weighted by atomic mass is 10.4. The third-order valence-corrected chi connectivity index (χ3v) is 8.19. The maximum absolute atomic E-state index is 6.01. The minimum absolute atomic E-state index is 0. The van der Waals surface area contributed by atoms with Crippen LogP contribution in [0.25, 0.3) is 0 Å². The van der Waals surface area contributed by atoms with Crippen LogP contribution in [0.1, 0.15) is 6.92 Å². The topological polar surface area (TPSA) is 9.23 Å². The van der Waals surface area contributed by atoms with Gasteiger partial charge >= 0.3 is 0 Å². The summed E-state index contributed by atoms with van der Waals surface area (Å²) in [5.74, 6) is 0. The molecule has 0 saturated carbocycles. The molecule has 1 nitrogen and oxygen atoms in total. The van der Waals surface area contributed by atoms with E-state index < -0.39 is 7.26 Å². The lowest BCUT2D eigenvalue weighted by molar-refractivity contribution is -0.00000500. The molecule has 0 radical (unpaired) electrons. The van der Waals surface area contributed by atoms with Crippen molar-refractivity contribution in [2.24, 2.45) is 0 Å². The minimum atomic E-state index is -1.79. The molecule has 0 fully saturated rings. The minimum Gasteiger partial charge on any atom is -1.00 e. The molecule has 0 aliphatic rings. The summed E-state index contributed by atoms with van der Waals surface area (Å²) in [5.41, 5.74) is 0. The Hall–Kier alpha value is -1.47. The molecule has 3 aromatic carbocycles. The predicted molar refractivity (Wildman–Crippen MR) is 102 cm³/mol. The number of benzene rings is 3. The van der Waals surface area contributed by atoms with Crippen molar-refractivity contribution in [3.63, 3.8) is 0 Å². The van der Waals surface area contributed by atoms with Gasteiger partial charge in [-0.25, -0.2) is 0 Å². The summed E-state index contributed by atoms with van der Waals surface area (Å²) in [6, 6.07) is 32.5. The highest BCUT2D eigenvalue weighted by molar-refractivity contribution is 7.95. The van der Waals surface area contributed by atoms with Gasteiger partial charge in [0, 0.05) is 6.61 Å². The molecule has 3 rings (SSSR count). The average Bonchev–Trinajstić information content (AvgIpc) is 2.65. The summed E-state index contributed by atoms with van der Waals surface area (Å²) in [7, 11) is -1.79. The first-order chi connectivity index (χ1) is 11.4. The van der Waals surface area contributed by atoms with E-state index in [-0.39, 0.29) is 17.0 Å². The second kappa shape index (κ2) is 9.13. The third kappa shape index (κ3) is 3.78. The van der Waals surface area contributed by atoms with Crippen molar-refractivity contribution in [1.82, 2.24) is 0 Å². The fourth-order valence-electron chi connectivity index (χ4n) is 2.95. The Bertz CT molecular complexity index is 620. The van der Waals surface area contributed by atoms with E-state index in [1.165, 1.54) is 15.9 Å². The van der Waals surface area contributed by atoms with Gasteiger partial charge < -0.3 is 21.7 Å². The molecule has 0 spiro atoms. The Morgan fingerprint density at radius 1 is 0.625 bits per heavy atom. The second-order valence-corrected chi connectivity index (χ2v) is 8.87. The molecule has 0 saturated heterocycles. The summed E-state index contributed by atoms with van der Waals surface area (Å²) in [4.78, 5) is 0. The Morgan fingerprint density at radius 3 is 1.25 bits per heavy atom. The van der Waals surface area contributed by atoms with E-state index in [4.69, 9.17) is 4.74 Å². The van der Waals surface area contributed by atoms with Crippen molar-refractivity contribution >= 4 is 23.2 Å². The van der Waals surface area contributed by atoms with Crippen LogP contribution >= 0.6 is 7.26 Å². The number of hydrogen-bond donors (Lipinski definition) is 0. The van der Waals surface area contributed by atoms with Gasteiger partial charge in [0.15, 0.2) is 6.35 Å². The largest absolute Gasteiger partial charge is 1.00 e. The van der Waals surface area contributed by atoms with E-state index in [0.29, 0.717) is 0 Å². The zero-order chi connectivity index (χ0) is 16.0. The van der Waals surface area contributed by atoms with Crippen LogP contribution in [0.3, 0.4) is 0 Å². The molecule has 0 heterocycles. The van der Waals surface area contributed by atoms with Crippen molar-refractivity contribution in [2.45, 2.75) is 6.92 Å². The van der Waals surface area contributed by atoms with Crippen LogP contribution in [0, 0.1) is 0 Å². The Morgan fingerprint density at radius 2 is 0.958 bits per heavy atom. The van der Waals surface area contributed by atoms with E-state index in [1.807, 2.05) is 0 Å². The monoisotopic (exact) mass is 400 g/mol. The summed E-state index contributed by atoms with van der Waals surface area (Å²) in [6.45, 7) is 2.80. The average molecular weight is 401 g/mol. The van der Waals surface area contributed by atoms with Gasteiger partial charge in [-0.05, 0) is 43.3 Å². The molecule has 0 amide bonds. The maximum atomic E-state index is 6.01. The van der Waals surface area contributed by atoms with Crippen LogP contribution in [0.15, 0.2) is 91.0 Å². The molecular formula is C21H22BrOP. The van der Waals surface area contributed by atoms with Crippen molar-refractivity contribution < 1.29 is 21.7 Å². The summed E-state index contributed by atoms with van der Waals surface area (Å²) >= 11 is 0. The molecule has 0 atom stereocenters. The highest BCUT2D eigenvalue weighted by atomic mass is 79.9. The Kier molecular flexibility index (Phi) is 7.17. The lowest BCUT2D eigenvalue weighted by Crippen LogP contribution is -3.00. The zero-order valence-electron chi connectivity index (χ0n) is 13.8. The second-order valence-electron chi connectivity index (χ2n) is 5.44. The Balaban J connectivity index is 0.00000208. The van der Waals surface area contributed by atoms with Crippen molar-refractivity contribution in [3.8, 4) is 0 Å². The van der Waals surface area contributed by atoms with E-state index in [0.717, 1.165) is 13.0 Å². The highest BCUT2D eigenvalue weighted by Gasteiger charge is 2.45. The third-order valence-electron chi connectivity index (χ3n) is 4.08. The number of rotatable bonds is 6. The predicted octanol–water partition coefficient (Wildman–Crippen LogP) is 0.978. The first kappa shape index (κ1) is 18.9. The molecule has 3 aromatic rings. The molecule has 124 valence electrons. The molecule has 3 heteroatoms. The van der Waals surface area contributed by atoms with Gasteiger partial charge in [-0.15, -0.1) is 0 Å². The summed E-state index contributed by atoms with van der Waals surface area (Å²) in [5, 5.41) is 4.10. The quantitative estimate of drug-likeness (QED) is 0.560. The molecule has 24 heavy (non-hydrogen) atoms. The molecule has 0 aliphatic heterocycles. The van der Waals surface area contributed by atoms with E-state index in [1.54, 1.807) is 0 Å². The zero-order valence-corrected chi connectivity index (χ0v) is 16.3. The van der Waals surface area contributed by atoms with E-state index >= 15 is 0 Å². The maximum Gasteiger partial charge on any atom is 0.171 e. The van der Waals surface area contributed by atoms with Gasteiger partial charge in [-0.2, -0.15) is 0 Å². The van der Waals surface area contributed by atoms with Crippen LogP contribution < -0.4 is 32.9 Å². The normalized spacial score (nSPS) is 10.9. The van der Waals surface area contributed by atoms with E-state index in [9.17, 15) is 0 Å². The van der Waals surface area contributed by atoms with Gasteiger partial charge in [-0.1, -0.05) is 54.6 Å². The number of ether oxygens (including phenoxy) is 1. The smallest absolute Gasteiger partial charge is 0.171 e. The van der Waals surface area contributed by atoms with Crippen molar-refractivity contribution in [3.05, 3.63) is 91.0 Å². The number of hydrogen-bond acceptors (Lipinski definition) is 1. The van der Waals surface area contributed by atoms with Crippen LogP contribution in [-0.2, 0) is 4.74 Å². The Labute approximate surface area is 155 Å². The summed E-state index contributed by atoms with van der Waals surface area (Å²) < 4.78 is 6.01. The van der Waals surface area contributed by atoms with Crippen LogP contribution in [0.4, 0.5) is 0 Å². The van der Waals surface area contributed by atoms with Crippen molar-refractivity contribution in [1.29, 1.82) is 0 Å². The molecule has 0 bridgehead atoms. The molecular weight excluding hydrogens is 379 g/mol. The fraction of sp³-hybridized carbons (Fsp3) is 0.143. The molecule has 0 aromatic heterocycles. The van der Waals surface area contributed by atoms with Gasteiger partial charge in [0.1, 0.15) is 23.2 Å². The lowest BCUT2D eigenvalue weighted by Gasteiger charge is -2.27. The first-order valence-electron chi connectivity index (χ1n) is 8.00. The van der Waals surface area contributed by atoms with Crippen LogP contribution in [0.5, 0.6) is 0 Å². The SMILES string of the molecule is CCOC[P+](c1ccccc1)(c1ccccc1)c1ccccc1.[Br-]. The van der Waals surface area contributed by atoms with Crippen molar-refractivity contribution in [2.75, 3.05) is 13.0 Å². The van der Waals surface area contributed by atoms with Gasteiger partial charge in [-0.3, -0.25) is 0 Å². The molecule has 0 N–H and O–H groups in total. The molecule has 0 unspecified atom stereocenters. The van der Waals surface area contributed by atoms with Gasteiger partial charge in [0.25, 0.3) is 0 Å². The fourth-order valence-corrected chi connectivity index (χ4v) is 6.79. The van der Waals surface area contributed by atoms with Gasteiger partial charge in [0.2, 0.25) is 0 Å².